The Morgan fingerprint density at radius 2 is 1.69 bits per heavy atom. The molecule has 1 saturated heterocycles. The third-order valence-corrected chi connectivity index (χ3v) is 7.18. The van der Waals surface area contributed by atoms with E-state index in [0.717, 1.165) is 31.6 Å². The number of nitrogens with two attached hydrogens (primary N) is 1. The van der Waals surface area contributed by atoms with E-state index < -0.39 is 5.91 Å². The maximum Gasteiger partial charge on any atom is 0.279 e. The summed E-state index contributed by atoms with van der Waals surface area (Å²) in [7, 11) is 0. The Labute approximate surface area is 173 Å². The van der Waals surface area contributed by atoms with E-state index in [4.69, 9.17) is 5.73 Å². The number of primary amides is 1. The van der Waals surface area contributed by atoms with E-state index >= 15 is 0 Å². The first-order valence-corrected chi connectivity index (χ1v) is 11.4. The number of nitrogens with zero attached hydrogens (tertiary/aromatic N) is 3. The van der Waals surface area contributed by atoms with Crippen molar-refractivity contribution in [2.75, 3.05) is 13.1 Å². The van der Waals surface area contributed by atoms with Crippen molar-refractivity contribution in [1.29, 1.82) is 0 Å². The van der Waals surface area contributed by atoms with Gasteiger partial charge in [0.15, 0.2) is 5.71 Å². The summed E-state index contributed by atoms with van der Waals surface area (Å²) in [5, 5.41) is 0. The Bertz CT molecular complexity index is 725. The van der Waals surface area contributed by atoms with Gasteiger partial charge in [0.05, 0.1) is 11.7 Å². The summed E-state index contributed by atoms with van der Waals surface area (Å²) in [5.41, 5.74) is 6.16. The van der Waals surface area contributed by atoms with Gasteiger partial charge in [-0.3, -0.25) is 9.59 Å². The average molecular weight is 399 g/mol. The second kappa shape index (κ2) is 8.82. The van der Waals surface area contributed by atoms with Crippen LogP contribution in [-0.4, -0.2) is 58.5 Å². The van der Waals surface area contributed by atoms with Gasteiger partial charge >= 0.3 is 0 Å². The molecule has 6 heteroatoms. The van der Waals surface area contributed by atoms with Crippen LogP contribution in [0.2, 0.25) is 0 Å². The summed E-state index contributed by atoms with van der Waals surface area (Å²) in [6.45, 7) is 4.17. The third-order valence-electron chi connectivity index (χ3n) is 7.18. The number of piperidine rings is 1. The van der Waals surface area contributed by atoms with Gasteiger partial charge in [-0.15, -0.1) is 0 Å². The van der Waals surface area contributed by atoms with Crippen molar-refractivity contribution < 1.29 is 9.59 Å². The highest BCUT2D eigenvalue weighted by Gasteiger charge is 2.44. The minimum absolute atomic E-state index is 0.0893. The topological polar surface area (TPSA) is 79.0 Å². The molecule has 6 nitrogen and oxygen atoms in total. The quantitative estimate of drug-likeness (QED) is 0.794. The number of amides is 2. The molecule has 2 aliphatic heterocycles. The fourth-order valence-electron chi connectivity index (χ4n) is 5.61. The van der Waals surface area contributed by atoms with Gasteiger partial charge in [0, 0.05) is 31.1 Å². The Balaban J connectivity index is 1.48. The first-order chi connectivity index (χ1) is 14.1. The summed E-state index contributed by atoms with van der Waals surface area (Å²) in [4.78, 5) is 33.9. The minimum Gasteiger partial charge on any atom is -0.364 e. The number of aliphatic imine (C=N–C) groups is 1. The predicted octanol–water partition coefficient (Wildman–Crippen LogP) is 2.79. The standard InChI is InChI=1S/C23H34N4O2/c1-16-8-7-11-19-21(16)27(23(29)20(25-19)22(24)28)18-12-14-26(15-13-18)17-9-5-3-2-4-6-10-17/h7-8,11,16-18,21H,2-6,9-10,12-15H2,1H3,(H2,24,28). The highest BCUT2D eigenvalue weighted by Crippen LogP contribution is 2.34. The lowest BCUT2D eigenvalue weighted by atomic mass is 9.87. The third kappa shape index (κ3) is 4.18. The summed E-state index contributed by atoms with van der Waals surface area (Å²) in [6, 6.07) is 0.746. The number of hydrogen-bond donors (Lipinski definition) is 1. The molecule has 2 amide bonds. The van der Waals surface area contributed by atoms with Crippen molar-refractivity contribution in [2.24, 2.45) is 16.6 Å². The van der Waals surface area contributed by atoms with Gasteiger partial charge < -0.3 is 15.5 Å². The summed E-state index contributed by atoms with van der Waals surface area (Å²) < 4.78 is 0. The highest BCUT2D eigenvalue weighted by molar-refractivity contribution is 6.65. The molecule has 29 heavy (non-hydrogen) atoms. The molecule has 4 aliphatic rings. The fourth-order valence-corrected chi connectivity index (χ4v) is 5.61. The molecule has 0 bridgehead atoms. The van der Waals surface area contributed by atoms with Crippen molar-refractivity contribution in [1.82, 2.24) is 9.80 Å². The molecule has 2 N–H and O–H groups in total. The van der Waals surface area contributed by atoms with E-state index in [1.807, 2.05) is 17.1 Å². The monoisotopic (exact) mass is 398 g/mol. The number of likely N-dealkylation sites (tertiary alicyclic amines) is 1. The zero-order valence-electron chi connectivity index (χ0n) is 17.6. The Kier molecular flexibility index (Phi) is 6.18. The van der Waals surface area contributed by atoms with Crippen LogP contribution in [0.15, 0.2) is 28.9 Å². The first kappa shape index (κ1) is 20.3. The van der Waals surface area contributed by atoms with E-state index in [1.54, 1.807) is 0 Å². The summed E-state index contributed by atoms with van der Waals surface area (Å²) in [5.74, 6) is -0.833. The second-order valence-electron chi connectivity index (χ2n) is 9.08. The first-order valence-electron chi connectivity index (χ1n) is 11.4. The SMILES string of the molecule is CC1C=CC=C2N=C(C(N)=O)C(=O)N(C3CCN(C4CCCCCCC4)CC3)C21. The van der Waals surface area contributed by atoms with Gasteiger partial charge in [-0.1, -0.05) is 51.2 Å². The predicted molar refractivity (Wildman–Crippen MR) is 114 cm³/mol. The number of hydrogen-bond acceptors (Lipinski definition) is 4. The Hall–Kier alpha value is -1.95. The van der Waals surface area contributed by atoms with Crippen LogP contribution in [0.1, 0.15) is 64.7 Å². The van der Waals surface area contributed by atoms with Gasteiger partial charge in [0.1, 0.15) is 0 Å². The molecule has 0 aromatic rings. The van der Waals surface area contributed by atoms with Crippen LogP contribution in [-0.2, 0) is 9.59 Å². The van der Waals surface area contributed by atoms with Crippen molar-refractivity contribution >= 4 is 17.5 Å². The highest BCUT2D eigenvalue weighted by atomic mass is 16.2. The minimum atomic E-state index is -0.728. The summed E-state index contributed by atoms with van der Waals surface area (Å²) >= 11 is 0. The molecule has 2 fully saturated rings. The van der Waals surface area contributed by atoms with Gasteiger partial charge in [-0.2, -0.15) is 0 Å². The molecule has 2 aliphatic carbocycles. The number of fused-ring (bicyclic) bond motifs is 1. The Morgan fingerprint density at radius 1 is 1.03 bits per heavy atom. The van der Waals surface area contributed by atoms with E-state index in [9.17, 15) is 9.59 Å². The van der Waals surface area contributed by atoms with Crippen LogP contribution in [0.4, 0.5) is 0 Å². The van der Waals surface area contributed by atoms with Crippen molar-refractivity contribution in [3.63, 3.8) is 0 Å². The number of rotatable bonds is 3. The zero-order chi connectivity index (χ0) is 20.4. The number of allylic oxidation sites excluding steroid dienone is 2. The average Bonchev–Trinajstić information content (AvgIpc) is 2.68. The molecule has 1 saturated carbocycles. The van der Waals surface area contributed by atoms with Gasteiger partial charge in [-0.25, -0.2) is 4.99 Å². The molecular weight excluding hydrogens is 364 g/mol. The van der Waals surface area contributed by atoms with Crippen LogP contribution in [0.5, 0.6) is 0 Å². The van der Waals surface area contributed by atoms with Gasteiger partial charge in [0.2, 0.25) is 0 Å². The molecule has 0 aromatic carbocycles. The van der Waals surface area contributed by atoms with Crippen molar-refractivity contribution in [3.8, 4) is 0 Å². The lowest BCUT2D eigenvalue weighted by Gasteiger charge is -2.47. The van der Waals surface area contributed by atoms with Crippen LogP contribution in [0.3, 0.4) is 0 Å². The largest absolute Gasteiger partial charge is 0.364 e. The molecule has 2 unspecified atom stereocenters. The maximum atomic E-state index is 13.2. The zero-order valence-corrected chi connectivity index (χ0v) is 17.6. The van der Waals surface area contributed by atoms with Crippen LogP contribution in [0.25, 0.3) is 0 Å². The lowest BCUT2D eigenvalue weighted by molar-refractivity contribution is -0.131. The van der Waals surface area contributed by atoms with Gasteiger partial charge in [-0.05, 0) is 31.8 Å². The molecule has 158 valence electrons. The number of carbonyl (C=O) groups is 2. The smallest absolute Gasteiger partial charge is 0.279 e. The molecule has 0 aromatic heterocycles. The van der Waals surface area contributed by atoms with E-state index in [-0.39, 0.29) is 29.6 Å². The molecule has 2 atom stereocenters. The van der Waals surface area contributed by atoms with E-state index in [0.29, 0.717) is 6.04 Å². The van der Waals surface area contributed by atoms with Crippen LogP contribution in [0, 0.1) is 5.92 Å². The van der Waals surface area contributed by atoms with Crippen LogP contribution < -0.4 is 5.73 Å². The molecule has 2 heterocycles. The maximum absolute atomic E-state index is 13.2. The molecule has 0 spiro atoms. The Morgan fingerprint density at radius 3 is 2.34 bits per heavy atom. The summed E-state index contributed by atoms with van der Waals surface area (Å²) in [6.07, 6.45) is 17.3. The molecule has 0 radical (unpaired) electrons. The van der Waals surface area contributed by atoms with Crippen molar-refractivity contribution in [3.05, 3.63) is 23.9 Å². The van der Waals surface area contributed by atoms with Gasteiger partial charge in [0.25, 0.3) is 11.8 Å². The molecule has 4 rings (SSSR count). The normalized spacial score (nSPS) is 30.2. The molecular formula is C23H34N4O2. The van der Waals surface area contributed by atoms with Crippen LogP contribution >= 0.6 is 0 Å². The lowest BCUT2D eigenvalue weighted by Crippen LogP contribution is -2.60. The second-order valence-corrected chi connectivity index (χ2v) is 9.08. The fraction of sp³-hybridized carbons (Fsp3) is 0.696. The van der Waals surface area contributed by atoms with E-state index in [1.165, 1.54) is 44.9 Å². The number of carbonyl (C=O) groups excluding carboxylic acids is 2. The van der Waals surface area contributed by atoms with E-state index in [2.05, 4.69) is 22.9 Å². The van der Waals surface area contributed by atoms with Crippen molar-refractivity contribution in [2.45, 2.75) is 82.8 Å².